The molecule has 0 bridgehead atoms. The third kappa shape index (κ3) is 5.74. The van der Waals surface area contributed by atoms with Crippen molar-refractivity contribution in [1.29, 1.82) is 0 Å². The van der Waals surface area contributed by atoms with E-state index in [1.165, 1.54) is 28.8 Å². The molecule has 39 heavy (non-hydrogen) atoms. The molecule has 1 aliphatic rings. The normalized spacial score (nSPS) is 15.1. The number of rotatable bonds is 8. The van der Waals surface area contributed by atoms with Gasteiger partial charge in [-0.25, -0.2) is 9.07 Å². The van der Waals surface area contributed by atoms with Gasteiger partial charge in [-0.1, -0.05) is 60.2 Å². The number of carbonyl (C=O) groups excluding carboxylic acids is 2. The van der Waals surface area contributed by atoms with Gasteiger partial charge in [0.05, 0.1) is 29.0 Å². The number of amides is 2. The molecule has 0 radical (unpaired) electrons. The summed E-state index contributed by atoms with van der Waals surface area (Å²) < 4.78 is 21.2. The molecule has 0 spiro atoms. The van der Waals surface area contributed by atoms with Crippen LogP contribution < -0.4 is 10.2 Å². The lowest BCUT2D eigenvalue weighted by atomic mass is 9.99. The van der Waals surface area contributed by atoms with Crippen molar-refractivity contribution in [2.75, 3.05) is 37.5 Å². The number of halogens is 1. The molecule has 1 unspecified atom stereocenters. The van der Waals surface area contributed by atoms with E-state index in [1.807, 2.05) is 67.6 Å². The molecule has 7 nitrogen and oxygen atoms in total. The number of aryl methyl sites for hydroxylation is 1. The van der Waals surface area contributed by atoms with Crippen molar-refractivity contribution in [2.45, 2.75) is 12.2 Å². The van der Waals surface area contributed by atoms with Gasteiger partial charge in [-0.3, -0.25) is 14.5 Å². The van der Waals surface area contributed by atoms with Gasteiger partial charge in [0.25, 0.3) is 0 Å². The number of methoxy groups -OCH3 is 1. The monoisotopic (exact) mass is 544 g/mol. The number of anilines is 1. The lowest BCUT2D eigenvalue weighted by Crippen LogP contribution is -2.43. The van der Waals surface area contributed by atoms with E-state index in [4.69, 9.17) is 9.84 Å². The second kappa shape index (κ2) is 11.8. The first-order valence-electron chi connectivity index (χ1n) is 12.6. The number of carbonyl (C=O) groups is 2. The standard InChI is InChI=1S/C30H29FN4O3S/c1-20-11-13-24(14-12-20)35-30-27(28(33-35)21-7-4-3-5-8-21)29(22-9-6-10-23(31)17-22)39-19-26(37)34(30)18-25(36)32-15-16-38-2/h3-14,17,29H,15-16,18-19H2,1-2H3,(H,32,36). The predicted molar refractivity (Wildman–Crippen MR) is 152 cm³/mol. The Labute approximate surface area is 231 Å². The van der Waals surface area contributed by atoms with Gasteiger partial charge < -0.3 is 10.1 Å². The maximum Gasteiger partial charge on any atom is 0.240 e. The van der Waals surface area contributed by atoms with Gasteiger partial charge in [-0.2, -0.15) is 5.10 Å². The minimum atomic E-state index is -0.393. The Morgan fingerprint density at radius 2 is 1.87 bits per heavy atom. The molecule has 1 N–H and O–H groups in total. The number of thioether (sulfide) groups is 1. The van der Waals surface area contributed by atoms with Gasteiger partial charge in [0.2, 0.25) is 11.8 Å². The second-order valence-electron chi connectivity index (χ2n) is 9.27. The molecule has 1 aromatic heterocycles. The molecule has 5 rings (SSSR count). The molecule has 0 saturated carbocycles. The van der Waals surface area contributed by atoms with E-state index in [0.29, 0.717) is 24.7 Å². The molecular formula is C30H29FN4O3S. The van der Waals surface area contributed by atoms with Crippen molar-refractivity contribution >= 4 is 29.4 Å². The largest absolute Gasteiger partial charge is 0.383 e. The van der Waals surface area contributed by atoms with Crippen LogP contribution in [-0.4, -0.2) is 54.2 Å². The molecule has 1 atom stereocenters. The zero-order valence-electron chi connectivity index (χ0n) is 21.8. The number of nitrogens with zero attached hydrogens (tertiary/aromatic N) is 3. The Morgan fingerprint density at radius 3 is 2.59 bits per heavy atom. The molecule has 4 aromatic rings. The van der Waals surface area contributed by atoms with Gasteiger partial charge in [0, 0.05) is 24.8 Å². The third-order valence-corrected chi connectivity index (χ3v) is 7.75. The van der Waals surface area contributed by atoms with Gasteiger partial charge >= 0.3 is 0 Å². The fraction of sp³-hybridized carbons (Fsp3) is 0.233. The minimum absolute atomic E-state index is 0.114. The first-order chi connectivity index (χ1) is 19.0. The summed E-state index contributed by atoms with van der Waals surface area (Å²) in [5, 5.41) is 7.45. The van der Waals surface area contributed by atoms with Crippen LogP contribution in [0.15, 0.2) is 78.9 Å². The summed E-state index contributed by atoms with van der Waals surface area (Å²) in [5.74, 6) is -0.271. The van der Waals surface area contributed by atoms with Crippen molar-refractivity contribution in [2.24, 2.45) is 0 Å². The molecule has 1 aliphatic heterocycles. The molecular weight excluding hydrogens is 515 g/mol. The van der Waals surface area contributed by atoms with E-state index in [0.717, 1.165) is 27.9 Å². The number of ether oxygens (including phenoxy) is 1. The third-order valence-electron chi connectivity index (χ3n) is 6.50. The summed E-state index contributed by atoms with van der Waals surface area (Å²) in [6.45, 7) is 2.51. The average Bonchev–Trinajstić information content (AvgIpc) is 3.26. The van der Waals surface area contributed by atoms with Crippen molar-refractivity contribution in [3.8, 4) is 16.9 Å². The van der Waals surface area contributed by atoms with Crippen LogP contribution in [0, 0.1) is 12.7 Å². The first kappa shape index (κ1) is 26.6. The highest BCUT2D eigenvalue weighted by atomic mass is 32.2. The fourth-order valence-corrected chi connectivity index (χ4v) is 5.81. The van der Waals surface area contributed by atoms with Crippen LogP contribution in [0.2, 0.25) is 0 Å². The Kier molecular flexibility index (Phi) is 8.09. The van der Waals surface area contributed by atoms with E-state index in [-0.39, 0.29) is 29.9 Å². The number of fused-ring (bicyclic) bond motifs is 1. The SMILES string of the molecule is COCCNC(=O)CN1C(=O)CSC(c2cccc(F)c2)c2c(-c3ccccc3)nn(-c3ccc(C)cc3)c21. The average molecular weight is 545 g/mol. The summed E-state index contributed by atoms with van der Waals surface area (Å²) >= 11 is 1.41. The van der Waals surface area contributed by atoms with E-state index < -0.39 is 5.25 Å². The van der Waals surface area contributed by atoms with Gasteiger partial charge in [-0.05, 0) is 36.8 Å². The molecule has 0 aliphatic carbocycles. The molecule has 0 fully saturated rings. The highest BCUT2D eigenvalue weighted by Crippen LogP contribution is 2.48. The Morgan fingerprint density at radius 1 is 1.10 bits per heavy atom. The van der Waals surface area contributed by atoms with Crippen molar-refractivity contribution < 1.29 is 18.7 Å². The number of hydrogen-bond donors (Lipinski definition) is 1. The molecule has 2 heterocycles. The summed E-state index contributed by atoms with van der Waals surface area (Å²) in [4.78, 5) is 28.1. The minimum Gasteiger partial charge on any atom is -0.383 e. The van der Waals surface area contributed by atoms with Crippen LogP contribution >= 0.6 is 11.8 Å². The topological polar surface area (TPSA) is 76.5 Å². The first-order valence-corrected chi connectivity index (χ1v) is 13.7. The maximum absolute atomic E-state index is 14.4. The van der Waals surface area contributed by atoms with Gasteiger partial charge in [0.1, 0.15) is 18.2 Å². The van der Waals surface area contributed by atoms with E-state index in [1.54, 1.807) is 17.9 Å². The number of nitrogens with one attached hydrogen (secondary N) is 1. The van der Waals surface area contributed by atoms with Crippen molar-refractivity contribution in [3.05, 3.63) is 101 Å². The summed E-state index contributed by atoms with van der Waals surface area (Å²) in [5.41, 5.74) is 4.85. The number of benzene rings is 3. The molecule has 3 aromatic carbocycles. The van der Waals surface area contributed by atoms with Crippen LogP contribution in [0.1, 0.15) is 21.9 Å². The summed E-state index contributed by atoms with van der Waals surface area (Å²) in [6, 6.07) is 24.0. The van der Waals surface area contributed by atoms with Gasteiger partial charge in [0.15, 0.2) is 0 Å². The Balaban J connectivity index is 1.75. The number of hydrogen-bond acceptors (Lipinski definition) is 5. The number of aromatic nitrogens is 2. The molecule has 2 amide bonds. The molecule has 0 saturated heterocycles. The molecule has 9 heteroatoms. The van der Waals surface area contributed by atoms with Crippen molar-refractivity contribution in [3.63, 3.8) is 0 Å². The summed E-state index contributed by atoms with van der Waals surface area (Å²) in [7, 11) is 1.56. The summed E-state index contributed by atoms with van der Waals surface area (Å²) in [6.07, 6.45) is 0. The van der Waals surface area contributed by atoms with Crippen molar-refractivity contribution in [1.82, 2.24) is 15.1 Å². The van der Waals surface area contributed by atoms with E-state index in [2.05, 4.69) is 5.32 Å². The predicted octanol–water partition coefficient (Wildman–Crippen LogP) is 4.92. The lowest BCUT2D eigenvalue weighted by Gasteiger charge is -2.23. The highest BCUT2D eigenvalue weighted by Gasteiger charge is 2.37. The Bertz CT molecular complexity index is 1470. The zero-order valence-corrected chi connectivity index (χ0v) is 22.6. The second-order valence-corrected chi connectivity index (χ2v) is 10.4. The van der Waals surface area contributed by atoms with E-state index in [9.17, 15) is 14.0 Å². The van der Waals surface area contributed by atoms with Crippen LogP contribution in [0.4, 0.5) is 10.2 Å². The zero-order chi connectivity index (χ0) is 27.4. The highest BCUT2D eigenvalue weighted by molar-refractivity contribution is 8.00. The maximum atomic E-state index is 14.4. The Hall–Kier alpha value is -3.95. The smallest absolute Gasteiger partial charge is 0.240 e. The lowest BCUT2D eigenvalue weighted by molar-refractivity contribution is -0.123. The van der Waals surface area contributed by atoms with Crippen LogP contribution in [0.5, 0.6) is 0 Å². The van der Waals surface area contributed by atoms with Crippen LogP contribution in [-0.2, 0) is 14.3 Å². The quantitative estimate of drug-likeness (QED) is 0.319. The van der Waals surface area contributed by atoms with E-state index >= 15 is 0 Å². The van der Waals surface area contributed by atoms with Crippen LogP contribution in [0.3, 0.4) is 0 Å². The van der Waals surface area contributed by atoms with Crippen LogP contribution in [0.25, 0.3) is 16.9 Å². The fourth-order valence-electron chi connectivity index (χ4n) is 4.62. The van der Waals surface area contributed by atoms with Gasteiger partial charge in [-0.15, -0.1) is 11.8 Å². The molecule has 200 valence electrons.